The third kappa shape index (κ3) is 3.85. The van der Waals surface area contributed by atoms with Crippen LogP contribution in [-0.4, -0.2) is 44.9 Å². The number of benzene rings is 1. The summed E-state index contributed by atoms with van der Waals surface area (Å²) < 4.78 is 11.5. The first kappa shape index (κ1) is 19.5. The van der Waals surface area contributed by atoms with Crippen LogP contribution in [0.5, 0.6) is 0 Å². The molecule has 5 nitrogen and oxygen atoms in total. The highest BCUT2D eigenvalue weighted by molar-refractivity contribution is 6.30. The Morgan fingerprint density at radius 1 is 1.46 bits per heavy atom. The Labute approximate surface area is 161 Å². The van der Waals surface area contributed by atoms with Gasteiger partial charge in [-0.2, -0.15) is 0 Å². The molecule has 1 aromatic carbocycles. The number of nitrogens with one attached hydrogen (secondary N) is 2. The van der Waals surface area contributed by atoms with Crippen molar-refractivity contribution in [3.8, 4) is 0 Å². The number of nitrogens with zero attached hydrogens (tertiary/aromatic N) is 1. The second kappa shape index (κ2) is 8.15. The summed E-state index contributed by atoms with van der Waals surface area (Å²) in [6.45, 7) is 8.83. The van der Waals surface area contributed by atoms with Gasteiger partial charge in [-0.1, -0.05) is 37.6 Å². The number of fused-ring (bicyclic) bond motifs is 1. The van der Waals surface area contributed by atoms with E-state index in [1.165, 1.54) is 0 Å². The molecule has 26 heavy (non-hydrogen) atoms. The molecule has 1 aliphatic heterocycles. The Balaban J connectivity index is 1.68. The molecule has 6 heteroatoms. The molecule has 4 atom stereocenters. The quantitative estimate of drug-likeness (QED) is 0.587. The van der Waals surface area contributed by atoms with Gasteiger partial charge in [-0.15, -0.1) is 0 Å². The lowest BCUT2D eigenvalue weighted by Crippen LogP contribution is -2.68. The van der Waals surface area contributed by atoms with Crippen molar-refractivity contribution in [2.24, 2.45) is 16.3 Å². The van der Waals surface area contributed by atoms with Gasteiger partial charge < -0.3 is 20.1 Å². The number of hydrogen-bond donors (Lipinski definition) is 2. The lowest BCUT2D eigenvalue weighted by molar-refractivity contribution is -0.106. The number of methoxy groups -OCH3 is 1. The van der Waals surface area contributed by atoms with Gasteiger partial charge in [0, 0.05) is 42.7 Å². The van der Waals surface area contributed by atoms with Crippen molar-refractivity contribution in [3.05, 3.63) is 34.9 Å². The van der Waals surface area contributed by atoms with Crippen LogP contribution < -0.4 is 10.6 Å². The predicted molar refractivity (Wildman–Crippen MR) is 106 cm³/mol. The van der Waals surface area contributed by atoms with E-state index in [0.29, 0.717) is 29.6 Å². The summed E-state index contributed by atoms with van der Waals surface area (Å²) in [5, 5.41) is 7.70. The third-order valence-electron chi connectivity index (χ3n) is 5.66. The number of hydrogen-bond acceptors (Lipinski definition) is 3. The molecule has 3 rings (SSSR count). The van der Waals surface area contributed by atoms with Crippen LogP contribution in [0.25, 0.3) is 0 Å². The standard InChI is InChI=1S/C20H30ClN3O2/c1-5-22-19(24-17-15-9-10-26-18(15)20(17,2)3)23-12-16(25-4)13-7-6-8-14(21)11-13/h6-8,11,15-18H,5,9-10,12H2,1-4H3,(H2,22,23,24). The van der Waals surface area contributed by atoms with Crippen LogP contribution in [0.2, 0.25) is 5.02 Å². The van der Waals surface area contributed by atoms with Gasteiger partial charge in [0.2, 0.25) is 0 Å². The third-order valence-corrected chi connectivity index (χ3v) is 5.89. The highest BCUT2D eigenvalue weighted by Gasteiger charge is 2.59. The van der Waals surface area contributed by atoms with Crippen LogP contribution in [-0.2, 0) is 9.47 Å². The highest BCUT2D eigenvalue weighted by Crippen LogP contribution is 2.52. The van der Waals surface area contributed by atoms with Crippen LogP contribution >= 0.6 is 11.6 Å². The van der Waals surface area contributed by atoms with Crippen LogP contribution in [0.3, 0.4) is 0 Å². The highest BCUT2D eigenvalue weighted by atomic mass is 35.5. The van der Waals surface area contributed by atoms with Gasteiger partial charge in [0.05, 0.1) is 12.6 Å². The zero-order chi connectivity index (χ0) is 18.7. The summed E-state index contributed by atoms with van der Waals surface area (Å²) in [4.78, 5) is 4.78. The van der Waals surface area contributed by atoms with E-state index in [1.807, 2.05) is 24.3 Å². The van der Waals surface area contributed by atoms with Crippen molar-refractivity contribution in [3.63, 3.8) is 0 Å². The van der Waals surface area contributed by atoms with Crippen molar-refractivity contribution in [2.45, 2.75) is 45.4 Å². The molecule has 1 heterocycles. The summed E-state index contributed by atoms with van der Waals surface area (Å²) in [6.07, 6.45) is 1.36. The van der Waals surface area contributed by atoms with Crippen molar-refractivity contribution >= 4 is 17.6 Å². The van der Waals surface area contributed by atoms with Crippen molar-refractivity contribution in [2.75, 3.05) is 26.8 Å². The number of guanidine groups is 1. The van der Waals surface area contributed by atoms with Crippen LogP contribution in [0.4, 0.5) is 0 Å². The molecule has 0 amide bonds. The first-order valence-electron chi connectivity index (χ1n) is 9.42. The molecule has 1 saturated heterocycles. The lowest BCUT2D eigenvalue weighted by atomic mass is 9.57. The minimum absolute atomic E-state index is 0.116. The van der Waals surface area contributed by atoms with E-state index in [2.05, 4.69) is 31.4 Å². The fraction of sp³-hybridized carbons (Fsp3) is 0.650. The molecular weight excluding hydrogens is 350 g/mol. The van der Waals surface area contributed by atoms with E-state index in [4.69, 9.17) is 26.1 Å². The molecule has 2 N–H and O–H groups in total. The molecule has 1 aromatic rings. The summed E-state index contributed by atoms with van der Waals surface area (Å²) in [6, 6.07) is 8.13. The Hall–Kier alpha value is -1.30. The van der Waals surface area contributed by atoms with Crippen LogP contribution in [0.15, 0.2) is 29.3 Å². The van der Waals surface area contributed by atoms with Crippen molar-refractivity contribution < 1.29 is 9.47 Å². The Kier molecular flexibility index (Phi) is 6.10. The average molecular weight is 380 g/mol. The number of aliphatic imine (C=N–C) groups is 1. The zero-order valence-corrected chi connectivity index (χ0v) is 16.8. The Morgan fingerprint density at radius 2 is 2.27 bits per heavy atom. The first-order chi connectivity index (χ1) is 12.5. The second-order valence-corrected chi connectivity index (χ2v) is 8.12. The van der Waals surface area contributed by atoms with E-state index in [0.717, 1.165) is 31.1 Å². The van der Waals surface area contributed by atoms with E-state index in [-0.39, 0.29) is 11.5 Å². The number of rotatable bonds is 6. The second-order valence-electron chi connectivity index (χ2n) is 7.69. The van der Waals surface area contributed by atoms with Gasteiger partial charge in [-0.25, -0.2) is 0 Å². The summed E-state index contributed by atoms with van der Waals surface area (Å²) in [7, 11) is 1.71. The predicted octanol–water partition coefficient (Wildman–Crippen LogP) is 3.40. The SMILES string of the molecule is CCNC(=NCC(OC)c1cccc(Cl)c1)NC1C2CCOC2C1(C)C. The molecule has 1 aliphatic carbocycles. The maximum Gasteiger partial charge on any atom is 0.191 e. The molecule has 0 radical (unpaired) electrons. The minimum Gasteiger partial charge on any atom is -0.377 e. The fourth-order valence-electron chi connectivity index (χ4n) is 4.28. The molecule has 2 fully saturated rings. The molecule has 2 aliphatic rings. The normalized spacial score (nSPS) is 28.2. The van der Waals surface area contributed by atoms with Gasteiger partial charge in [0.15, 0.2) is 5.96 Å². The summed E-state index contributed by atoms with van der Waals surface area (Å²) in [5.41, 5.74) is 1.15. The minimum atomic E-state index is -0.124. The largest absolute Gasteiger partial charge is 0.377 e. The van der Waals surface area contributed by atoms with Crippen LogP contribution in [0.1, 0.15) is 38.9 Å². The maximum absolute atomic E-state index is 6.11. The molecule has 4 unspecified atom stereocenters. The van der Waals surface area contributed by atoms with Crippen molar-refractivity contribution in [1.82, 2.24) is 10.6 Å². The molecule has 0 spiro atoms. The summed E-state index contributed by atoms with van der Waals surface area (Å²) >= 11 is 6.11. The van der Waals surface area contributed by atoms with E-state index in [1.54, 1.807) is 7.11 Å². The number of halogens is 1. The summed E-state index contributed by atoms with van der Waals surface area (Å²) in [5.74, 6) is 1.40. The first-order valence-corrected chi connectivity index (χ1v) is 9.80. The van der Waals surface area contributed by atoms with Gasteiger partial charge in [0.1, 0.15) is 6.10 Å². The number of ether oxygens (including phenoxy) is 2. The topological polar surface area (TPSA) is 54.9 Å². The van der Waals surface area contributed by atoms with Crippen LogP contribution in [0, 0.1) is 11.3 Å². The van der Waals surface area contributed by atoms with Gasteiger partial charge in [-0.3, -0.25) is 4.99 Å². The van der Waals surface area contributed by atoms with Gasteiger partial charge >= 0.3 is 0 Å². The van der Waals surface area contributed by atoms with Gasteiger partial charge in [-0.05, 0) is 31.0 Å². The monoisotopic (exact) mass is 379 g/mol. The molecule has 0 bridgehead atoms. The molecule has 1 saturated carbocycles. The van der Waals surface area contributed by atoms with Gasteiger partial charge in [0.25, 0.3) is 0 Å². The molecular formula is C20H30ClN3O2. The van der Waals surface area contributed by atoms with Crippen molar-refractivity contribution in [1.29, 1.82) is 0 Å². The molecule has 144 valence electrons. The zero-order valence-electron chi connectivity index (χ0n) is 16.1. The fourth-order valence-corrected chi connectivity index (χ4v) is 4.48. The average Bonchev–Trinajstić information content (AvgIpc) is 3.07. The lowest BCUT2D eigenvalue weighted by Gasteiger charge is -2.54. The molecule has 0 aromatic heterocycles. The smallest absolute Gasteiger partial charge is 0.191 e. The van der Waals surface area contributed by atoms with E-state index >= 15 is 0 Å². The Bertz CT molecular complexity index is 650. The maximum atomic E-state index is 6.11. The van der Waals surface area contributed by atoms with E-state index in [9.17, 15) is 0 Å². The Morgan fingerprint density at radius 3 is 2.96 bits per heavy atom. The van der Waals surface area contributed by atoms with E-state index < -0.39 is 0 Å².